The van der Waals surface area contributed by atoms with Crippen molar-refractivity contribution in [1.29, 1.82) is 0 Å². The number of hydrogen-bond acceptors (Lipinski definition) is 6. The maximum absolute atomic E-state index is 14.3. The van der Waals surface area contributed by atoms with E-state index >= 15 is 0 Å². The summed E-state index contributed by atoms with van der Waals surface area (Å²) < 4.78 is 72.8. The Balaban J connectivity index is 1.72. The van der Waals surface area contributed by atoms with Gasteiger partial charge in [-0.3, -0.25) is 4.90 Å². The van der Waals surface area contributed by atoms with Crippen LogP contribution in [0.3, 0.4) is 0 Å². The van der Waals surface area contributed by atoms with Crippen LogP contribution in [-0.2, 0) is 31.0 Å². The van der Waals surface area contributed by atoms with Gasteiger partial charge in [0.2, 0.25) is 19.7 Å². The third-order valence-electron chi connectivity index (χ3n) is 5.35. The van der Waals surface area contributed by atoms with E-state index in [0.29, 0.717) is 19.8 Å². The highest BCUT2D eigenvalue weighted by molar-refractivity contribution is 7.94. The number of rotatable bonds is 6. The van der Waals surface area contributed by atoms with Gasteiger partial charge in [0.1, 0.15) is 10.7 Å². The van der Waals surface area contributed by atoms with E-state index in [4.69, 9.17) is 16.3 Å². The number of benzene rings is 3. The summed E-state index contributed by atoms with van der Waals surface area (Å²) in [5, 5.41) is 0.0183. The second kappa shape index (κ2) is 9.52. The first-order valence-electron chi connectivity index (χ1n) is 10.1. The molecule has 0 bridgehead atoms. The Bertz CT molecular complexity index is 1370. The highest BCUT2D eigenvalue weighted by atomic mass is 35.5. The van der Waals surface area contributed by atoms with E-state index in [0.717, 1.165) is 42.9 Å². The fourth-order valence-corrected chi connectivity index (χ4v) is 7.26. The number of morpholine rings is 1. The Kier molecular flexibility index (Phi) is 6.88. The normalized spacial score (nSPS) is 15.5. The van der Waals surface area contributed by atoms with Crippen LogP contribution in [-0.4, -0.2) is 48.0 Å². The molecular formula is C23H21ClFNO5S2. The number of halogens is 2. The zero-order chi connectivity index (χ0) is 23.6. The fraction of sp³-hybridized carbons (Fsp3) is 0.217. The van der Waals surface area contributed by atoms with Crippen LogP contribution in [0.4, 0.5) is 4.39 Å². The smallest absolute Gasteiger partial charge is 0.210 e. The van der Waals surface area contributed by atoms with Crippen LogP contribution in [0.1, 0.15) is 5.56 Å². The largest absolute Gasteiger partial charge is 0.379 e. The predicted molar refractivity (Wildman–Crippen MR) is 121 cm³/mol. The predicted octanol–water partition coefficient (Wildman–Crippen LogP) is 3.98. The van der Waals surface area contributed by atoms with Crippen LogP contribution in [0.5, 0.6) is 0 Å². The Morgan fingerprint density at radius 2 is 1.48 bits per heavy atom. The molecule has 0 saturated carbocycles. The Labute approximate surface area is 197 Å². The second-order valence-corrected chi connectivity index (χ2v) is 11.8. The van der Waals surface area contributed by atoms with Crippen molar-refractivity contribution in [2.24, 2.45) is 0 Å². The molecule has 0 N–H and O–H groups in total. The van der Waals surface area contributed by atoms with Gasteiger partial charge in [0, 0.05) is 24.7 Å². The van der Waals surface area contributed by atoms with Crippen LogP contribution in [0.2, 0.25) is 5.02 Å². The Morgan fingerprint density at radius 3 is 2.15 bits per heavy atom. The van der Waals surface area contributed by atoms with Gasteiger partial charge in [-0.1, -0.05) is 35.9 Å². The SMILES string of the molecule is O=S(=O)(c1ccc(CN2CCOCC2)cc1)c1ccc(Cl)cc1S(=O)(=O)c1ccccc1F. The molecule has 0 aromatic heterocycles. The minimum Gasteiger partial charge on any atom is -0.379 e. The van der Waals surface area contributed by atoms with Crippen LogP contribution in [0.15, 0.2) is 86.3 Å². The molecule has 4 rings (SSSR count). The number of sulfone groups is 2. The van der Waals surface area contributed by atoms with Gasteiger partial charge in [0.15, 0.2) is 0 Å². The van der Waals surface area contributed by atoms with Gasteiger partial charge in [-0.15, -0.1) is 0 Å². The van der Waals surface area contributed by atoms with E-state index in [1.165, 1.54) is 30.3 Å². The van der Waals surface area contributed by atoms with Crippen molar-refractivity contribution in [3.05, 3.63) is 83.1 Å². The van der Waals surface area contributed by atoms with Gasteiger partial charge in [0.25, 0.3) is 0 Å². The average Bonchev–Trinajstić information content (AvgIpc) is 2.80. The summed E-state index contributed by atoms with van der Waals surface area (Å²) in [5.74, 6) is -0.978. The van der Waals surface area contributed by atoms with Gasteiger partial charge in [-0.05, 0) is 48.0 Å². The van der Waals surface area contributed by atoms with Crippen molar-refractivity contribution in [1.82, 2.24) is 4.90 Å². The first kappa shape index (κ1) is 23.8. The lowest BCUT2D eigenvalue weighted by atomic mass is 10.2. The minimum absolute atomic E-state index is 0.0183. The maximum atomic E-state index is 14.3. The molecule has 174 valence electrons. The molecule has 6 nitrogen and oxygen atoms in total. The maximum Gasteiger partial charge on any atom is 0.210 e. The van der Waals surface area contributed by atoms with Crippen LogP contribution < -0.4 is 0 Å². The van der Waals surface area contributed by atoms with E-state index in [1.54, 1.807) is 12.1 Å². The average molecular weight is 510 g/mol. The van der Waals surface area contributed by atoms with Crippen molar-refractivity contribution < 1.29 is 26.0 Å². The molecule has 0 amide bonds. The lowest BCUT2D eigenvalue weighted by Crippen LogP contribution is -2.35. The van der Waals surface area contributed by atoms with Crippen molar-refractivity contribution in [2.75, 3.05) is 26.3 Å². The zero-order valence-corrected chi connectivity index (χ0v) is 19.8. The lowest BCUT2D eigenvalue weighted by Gasteiger charge is -2.26. The van der Waals surface area contributed by atoms with Crippen molar-refractivity contribution in [2.45, 2.75) is 26.1 Å². The summed E-state index contributed by atoms with van der Waals surface area (Å²) in [7, 11) is -8.73. The van der Waals surface area contributed by atoms with E-state index in [2.05, 4.69) is 4.90 Å². The van der Waals surface area contributed by atoms with Gasteiger partial charge in [-0.2, -0.15) is 0 Å². The summed E-state index contributed by atoms with van der Waals surface area (Å²) >= 11 is 5.99. The highest BCUT2D eigenvalue weighted by Gasteiger charge is 2.31. The molecule has 3 aromatic carbocycles. The van der Waals surface area contributed by atoms with E-state index in [-0.39, 0.29) is 9.92 Å². The highest BCUT2D eigenvalue weighted by Crippen LogP contribution is 2.34. The molecule has 1 saturated heterocycles. The zero-order valence-electron chi connectivity index (χ0n) is 17.4. The Hall–Kier alpha value is -2.30. The van der Waals surface area contributed by atoms with Crippen LogP contribution in [0, 0.1) is 5.82 Å². The summed E-state index contributed by atoms with van der Waals surface area (Å²) in [6.45, 7) is 3.55. The fourth-order valence-electron chi connectivity index (χ4n) is 3.61. The number of hydrogen-bond donors (Lipinski definition) is 0. The molecule has 1 heterocycles. The monoisotopic (exact) mass is 509 g/mol. The summed E-state index contributed by atoms with van der Waals surface area (Å²) in [6.07, 6.45) is 0. The first-order chi connectivity index (χ1) is 15.7. The molecule has 0 aliphatic carbocycles. The van der Waals surface area contributed by atoms with Crippen molar-refractivity contribution in [3.8, 4) is 0 Å². The molecule has 0 atom stereocenters. The van der Waals surface area contributed by atoms with E-state index in [1.807, 2.05) is 0 Å². The van der Waals surface area contributed by atoms with E-state index < -0.39 is 40.2 Å². The molecule has 0 unspecified atom stereocenters. The van der Waals surface area contributed by atoms with Gasteiger partial charge in [-0.25, -0.2) is 21.2 Å². The summed E-state index contributed by atoms with van der Waals surface area (Å²) in [4.78, 5) is 0.476. The van der Waals surface area contributed by atoms with Crippen molar-refractivity contribution in [3.63, 3.8) is 0 Å². The topological polar surface area (TPSA) is 80.8 Å². The minimum atomic E-state index is -4.50. The molecule has 33 heavy (non-hydrogen) atoms. The lowest BCUT2D eigenvalue weighted by molar-refractivity contribution is 0.0342. The molecule has 1 aliphatic rings. The molecule has 1 aliphatic heterocycles. The van der Waals surface area contributed by atoms with Gasteiger partial charge < -0.3 is 4.74 Å². The molecule has 0 radical (unpaired) electrons. The second-order valence-electron chi connectivity index (χ2n) is 7.56. The van der Waals surface area contributed by atoms with E-state index in [9.17, 15) is 21.2 Å². The van der Waals surface area contributed by atoms with Crippen LogP contribution >= 0.6 is 11.6 Å². The molecule has 3 aromatic rings. The quantitative estimate of drug-likeness (QED) is 0.500. The molecule has 10 heteroatoms. The number of nitrogens with zero attached hydrogens (tertiary/aromatic N) is 1. The van der Waals surface area contributed by atoms with Crippen LogP contribution in [0.25, 0.3) is 0 Å². The molecule has 1 fully saturated rings. The third-order valence-corrected chi connectivity index (χ3v) is 9.37. The molecule has 0 spiro atoms. The Morgan fingerprint density at radius 1 is 0.818 bits per heavy atom. The summed E-state index contributed by atoms with van der Waals surface area (Å²) in [6, 6.07) is 14.5. The van der Waals surface area contributed by atoms with Gasteiger partial charge in [0.05, 0.1) is 27.9 Å². The standard InChI is InChI=1S/C23H21ClFNO5S2/c24-18-7-10-22(23(15-18)33(29,30)21-4-2-1-3-20(21)25)32(27,28)19-8-5-17(6-9-19)16-26-11-13-31-14-12-26/h1-10,15H,11-14,16H2. The number of ether oxygens (including phenoxy) is 1. The summed E-state index contributed by atoms with van der Waals surface area (Å²) in [5.41, 5.74) is 0.922. The molecular weight excluding hydrogens is 489 g/mol. The third kappa shape index (κ3) is 4.97. The van der Waals surface area contributed by atoms with Gasteiger partial charge >= 0.3 is 0 Å². The first-order valence-corrected chi connectivity index (χ1v) is 13.5. The van der Waals surface area contributed by atoms with Crippen molar-refractivity contribution >= 4 is 31.3 Å².